The van der Waals surface area contributed by atoms with Crippen LogP contribution in [0.4, 0.5) is 0 Å². The van der Waals surface area contributed by atoms with Crippen molar-refractivity contribution in [2.75, 3.05) is 56.9 Å². The Morgan fingerprint density at radius 2 is 0.348 bits per heavy atom. The third-order valence-electron chi connectivity index (χ3n) is 20.8. The molecule has 0 unspecified atom stereocenters. The molecule has 0 amide bonds. The number of nitrogens with zero attached hydrogens (tertiary/aromatic N) is 8. The van der Waals surface area contributed by atoms with E-state index < -0.39 is 0 Å². The number of allylic oxidation sites excluding steroid dienone is 8. The second-order valence-electron chi connectivity index (χ2n) is 27.1. The molecule has 18 rings (SSSR count). The van der Waals surface area contributed by atoms with E-state index in [0.717, 1.165) is 225 Å². The molecule has 0 saturated heterocycles. The predicted octanol–water partition coefficient (Wildman–Crippen LogP) is 17.1. The maximum absolute atomic E-state index is 5.53. The molecule has 17 nitrogen and oxygen atoms in total. The smallest absolute Gasteiger partial charge is 2.00 e. The van der Waals surface area contributed by atoms with Gasteiger partial charge in [-0.3, -0.25) is 0 Å². The van der Waals surface area contributed by atoms with Gasteiger partial charge >= 0.3 is 34.1 Å². The fourth-order valence-electron chi connectivity index (χ4n) is 15.2. The second-order valence-corrected chi connectivity index (χ2v) is 27.1. The Balaban J connectivity index is 0.000000185. The SMILES string of the molecule is COc1ccc(C2=C3CC=C([N-]3)C(c3ccc(OC)cc3)=c3ccc([n-]3)=C(c3ccc(OC)cc3)C3=CCC(=C(c4ccc(OC)cc4)c4ccc2[n-]4)[N-]3)cc1.COc1ccc(C2=C3CC=C([N-]3)C(c3ccc(OC)cc3)=c3ccc([n-]3)=C(c3ccc(OC)cc3)C3=CCC(=C(c4ccc(OC)cc4)c4ccc2[n-]4)[N-]3)cc1.[Fe+5].[Fe+5].[O-2]. The topological polar surface area (TPSA) is 215 Å². The van der Waals surface area contributed by atoms with Crippen LogP contribution < -0.4 is 79.2 Å². The van der Waals surface area contributed by atoms with Crippen LogP contribution in [0.2, 0.25) is 0 Å². The molecule has 19 heteroatoms. The zero-order valence-electron chi connectivity index (χ0n) is 64.2. The summed E-state index contributed by atoms with van der Waals surface area (Å²) in [6.45, 7) is 0. The van der Waals surface area contributed by atoms with E-state index in [1.807, 2.05) is 97.1 Å². The number of ether oxygens (including phenoxy) is 8. The first-order chi connectivity index (χ1) is 55.1. The fraction of sp³-hybridized carbons (Fsp3) is 0.125. The molecule has 0 atom stereocenters. The summed E-state index contributed by atoms with van der Waals surface area (Å²) in [6, 6.07) is 81.4. The first kappa shape index (κ1) is 78.6. The zero-order chi connectivity index (χ0) is 76.3. The Morgan fingerprint density at radius 3 is 0.504 bits per heavy atom. The van der Waals surface area contributed by atoms with Gasteiger partial charge in [-0.15, -0.1) is 89.7 Å². The molecule has 0 fully saturated rings. The van der Waals surface area contributed by atoms with Crippen LogP contribution in [0.25, 0.3) is 65.9 Å². The molecule has 2 radical (unpaired) electrons. The van der Waals surface area contributed by atoms with E-state index in [0.29, 0.717) is 25.7 Å². The van der Waals surface area contributed by atoms with E-state index in [4.69, 9.17) is 79.1 Å². The summed E-state index contributed by atoms with van der Waals surface area (Å²) in [6.07, 6.45) is 11.2. The third-order valence-corrected chi connectivity index (χ3v) is 20.8. The molecule has 12 aromatic rings. The van der Waals surface area contributed by atoms with Gasteiger partial charge in [0.15, 0.2) is 0 Å². The number of hydrogen-bond acceptors (Lipinski definition) is 8. The number of hydrogen-bond donors (Lipinski definition) is 0. The molecule has 4 aromatic heterocycles. The maximum atomic E-state index is 5.53. The first-order valence-corrected chi connectivity index (χ1v) is 36.9. The molecule has 8 aromatic carbocycles. The third kappa shape index (κ3) is 15.7. The van der Waals surface area contributed by atoms with Crippen LogP contribution in [0.1, 0.15) is 93.0 Å². The Hall–Kier alpha value is -13.1. The van der Waals surface area contributed by atoms with E-state index in [-0.39, 0.29) is 39.6 Å². The molecule has 0 N–H and O–H groups in total. The molecular formula is C96H76Fe2N8O9. The van der Waals surface area contributed by atoms with E-state index in [1.54, 1.807) is 56.9 Å². The van der Waals surface area contributed by atoms with Gasteiger partial charge in [-0.25, -0.2) is 0 Å². The summed E-state index contributed by atoms with van der Waals surface area (Å²) in [5.74, 6) is 6.23. The van der Waals surface area contributed by atoms with E-state index in [9.17, 15) is 0 Å². The van der Waals surface area contributed by atoms with Gasteiger partial charge in [0.2, 0.25) is 0 Å². The van der Waals surface area contributed by atoms with Crippen LogP contribution in [0.15, 0.2) is 313 Å². The minimum Gasteiger partial charge on any atom is -2.00 e. The standard InChI is InChI=1S/2C48H38N4O4.2Fe.O/c2*1-53-33-13-5-29(6-14-33)45-37-21-23-39(49-37)46(30-7-15-34(54-2)16-8-30)41-25-27-43(51-41)48(32-11-19-36(56-4)20-12-32)44-28-26-42(52-44)47(40-24-22-38(45)50-40)31-9-17-35(55-3)18-10-31;;;/h2*5-23,25-26,28H,24,27H2,1-4H3;;;/q2*-4;2*+5;-2. The van der Waals surface area contributed by atoms with Crippen LogP contribution in [0.5, 0.6) is 46.0 Å². The average molecular weight is 1600 g/mol. The van der Waals surface area contributed by atoms with E-state index in [1.165, 1.54) is 0 Å². The maximum Gasteiger partial charge on any atom is 5.00 e. The van der Waals surface area contributed by atoms with Crippen molar-refractivity contribution < 1.29 is 77.5 Å². The summed E-state index contributed by atoms with van der Waals surface area (Å²) in [5.41, 5.74) is 25.8. The summed E-state index contributed by atoms with van der Waals surface area (Å²) in [5, 5.41) is 24.9. The van der Waals surface area contributed by atoms with Crippen molar-refractivity contribution in [2.45, 2.75) is 25.7 Å². The molecule has 0 spiro atoms. The summed E-state index contributed by atoms with van der Waals surface area (Å²) in [7, 11) is 13.4. The zero-order valence-corrected chi connectivity index (χ0v) is 66.4. The summed E-state index contributed by atoms with van der Waals surface area (Å²) < 4.78 is 44.2. The second kappa shape index (κ2) is 34.5. The number of rotatable bonds is 16. The summed E-state index contributed by atoms with van der Waals surface area (Å²) >= 11 is 0. The minimum atomic E-state index is 0. The molecule has 570 valence electrons. The van der Waals surface area contributed by atoms with Crippen LogP contribution >= 0.6 is 0 Å². The van der Waals surface area contributed by atoms with Crippen molar-refractivity contribution in [1.29, 1.82) is 0 Å². The van der Waals surface area contributed by atoms with Gasteiger partial charge in [0, 0.05) is 0 Å². The van der Waals surface area contributed by atoms with Gasteiger partial charge in [0.25, 0.3) is 0 Å². The van der Waals surface area contributed by atoms with Gasteiger partial charge in [-0.1, -0.05) is 192 Å². The molecule has 0 aliphatic carbocycles. The Labute approximate surface area is 688 Å². The number of benzene rings is 8. The minimum absolute atomic E-state index is 0. The average Bonchev–Trinajstić information content (AvgIpc) is 1.62. The number of fused-ring (bicyclic) bond motifs is 16. The van der Waals surface area contributed by atoms with Crippen molar-refractivity contribution in [1.82, 2.24) is 19.9 Å². The van der Waals surface area contributed by atoms with Gasteiger partial charge in [-0.2, -0.15) is 0 Å². The normalized spacial score (nSPS) is 14.5. The van der Waals surface area contributed by atoms with Gasteiger partial charge in [-0.05, 0) is 190 Å². The van der Waals surface area contributed by atoms with Crippen LogP contribution in [0.3, 0.4) is 0 Å². The van der Waals surface area contributed by atoms with Crippen molar-refractivity contribution in [2.24, 2.45) is 0 Å². The molecule has 6 aliphatic rings. The Morgan fingerprint density at radius 1 is 0.191 bits per heavy atom. The molecular weight excluding hydrogens is 1520 g/mol. The van der Waals surface area contributed by atoms with Crippen molar-refractivity contribution in [3.63, 3.8) is 0 Å². The summed E-state index contributed by atoms with van der Waals surface area (Å²) in [4.78, 5) is 21.5. The Bertz CT molecular complexity index is 5410. The van der Waals surface area contributed by atoms with Crippen LogP contribution in [-0.4, -0.2) is 56.9 Å². The van der Waals surface area contributed by atoms with E-state index >= 15 is 0 Å². The van der Waals surface area contributed by atoms with Crippen LogP contribution in [0, 0.1) is 0 Å². The van der Waals surface area contributed by atoms with Crippen molar-refractivity contribution in [3.8, 4) is 46.0 Å². The fourth-order valence-corrected chi connectivity index (χ4v) is 15.2. The first-order valence-electron chi connectivity index (χ1n) is 36.9. The van der Waals surface area contributed by atoms with E-state index in [2.05, 4.69) is 170 Å². The van der Waals surface area contributed by atoms with Crippen molar-refractivity contribution >= 4 is 44.6 Å². The quantitative estimate of drug-likeness (QED) is 0.0826. The van der Waals surface area contributed by atoms with Gasteiger partial charge in [0.05, 0.1) is 56.9 Å². The largest absolute Gasteiger partial charge is 5.00 e. The van der Waals surface area contributed by atoms with Crippen LogP contribution in [-0.2, 0) is 39.6 Å². The predicted molar refractivity (Wildman–Crippen MR) is 441 cm³/mol. The molecule has 10 heterocycles. The number of methoxy groups -OCH3 is 8. The molecule has 6 aliphatic heterocycles. The van der Waals surface area contributed by atoms with Crippen molar-refractivity contribution in [3.05, 3.63) is 422 Å². The van der Waals surface area contributed by atoms with Gasteiger partial charge in [0.1, 0.15) is 46.0 Å². The molecule has 16 bridgehead atoms. The molecule has 0 saturated carbocycles. The van der Waals surface area contributed by atoms with Gasteiger partial charge < -0.3 is 84.6 Å². The monoisotopic (exact) mass is 1600 g/mol. The molecule has 115 heavy (non-hydrogen) atoms. The Kier molecular flexibility index (Phi) is 23.5. The number of aromatic nitrogens is 4.